The Balaban J connectivity index is 1.97. The topological polar surface area (TPSA) is 20.2 Å². The molecule has 0 fully saturated rings. The Morgan fingerprint density at radius 1 is 1.00 bits per heavy atom. The Morgan fingerprint density at radius 2 is 1.70 bits per heavy atom. The molecule has 0 aromatic heterocycles. The highest BCUT2D eigenvalue weighted by molar-refractivity contribution is 5.60. The van der Waals surface area contributed by atoms with E-state index in [1.165, 1.54) is 16.7 Å². The lowest BCUT2D eigenvalue weighted by molar-refractivity contribution is 0.167. The molecular formula is C19H20O. The third-order valence-corrected chi connectivity index (χ3v) is 4.53. The van der Waals surface area contributed by atoms with E-state index in [1.54, 1.807) is 0 Å². The van der Waals surface area contributed by atoms with Gasteiger partial charge in [0.05, 0.1) is 6.61 Å². The van der Waals surface area contributed by atoms with E-state index in [2.05, 4.69) is 67.6 Å². The Kier molecular flexibility index (Phi) is 3.45. The number of allylic oxidation sites excluding steroid dienone is 1. The molecule has 0 saturated carbocycles. The second kappa shape index (κ2) is 5.26. The molecule has 1 nitrogen and oxygen atoms in total. The summed E-state index contributed by atoms with van der Waals surface area (Å²) in [5.41, 5.74) is 3.60. The molecule has 0 aliphatic heterocycles. The third kappa shape index (κ3) is 2.19. The van der Waals surface area contributed by atoms with Crippen molar-refractivity contribution < 1.29 is 5.11 Å². The lowest BCUT2D eigenvalue weighted by Gasteiger charge is -2.39. The summed E-state index contributed by atoms with van der Waals surface area (Å²) in [6.07, 6.45) is 5.41. The molecule has 0 amide bonds. The number of fused-ring (bicyclic) bond motifs is 1. The van der Waals surface area contributed by atoms with Gasteiger partial charge in [-0.1, -0.05) is 73.7 Å². The SMILES string of the molecule is C[C@]1(CO)c2ccccc2C=C[C@H]1Cc1ccccc1. The van der Waals surface area contributed by atoms with Crippen LogP contribution in [0, 0.1) is 5.92 Å². The second-order valence-corrected chi connectivity index (χ2v) is 5.82. The van der Waals surface area contributed by atoms with E-state index in [1.807, 2.05) is 6.07 Å². The maximum absolute atomic E-state index is 10.0. The van der Waals surface area contributed by atoms with Crippen molar-refractivity contribution in [3.8, 4) is 0 Å². The molecule has 0 spiro atoms. The molecule has 1 heteroatoms. The van der Waals surface area contributed by atoms with Crippen LogP contribution in [0.5, 0.6) is 0 Å². The lowest BCUT2D eigenvalue weighted by atomic mass is 9.66. The van der Waals surface area contributed by atoms with Crippen LogP contribution in [0.15, 0.2) is 60.7 Å². The number of rotatable bonds is 3. The summed E-state index contributed by atoms with van der Waals surface area (Å²) in [5, 5.41) is 10.0. The average Bonchev–Trinajstić information content (AvgIpc) is 2.51. The summed E-state index contributed by atoms with van der Waals surface area (Å²) in [5.74, 6) is 0.324. The average molecular weight is 264 g/mol. The quantitative estimate of drug-likeness (QED) is 0.893. The van der Waals surface area contributed by atoms with Gasteiger partial charge in [-0.15, -0.1) is 0 Å². The molecule has 3 rings (SSSR count). The molecule has 1 N–H and O–H groups in total. The van der Waals surface area contributed by atoms with Gasteiger partial charge in [0.15, 0.2) is 0 Å². The van der Waals surface area contributed by atoms with Crippen molar-refractivity contribution in [3.05, 3.63) is 77.4 Å². The second-order valence-electron chi connectivity index (χ2n) is 5.82. The first kappa shape index (κ1) is 13.1. The van der Waals surface area contributed by atoms with Crippen LogP contribution in [-0.2, 0) is 11.8 Å². The predicted octanol–water partition coefficient (Wildman–Crippen LogP) is 3.82. The van der Waals surface area contributed by atoms with Gasteiger partial charge >= 0.3 is 0 Å². The van der Waals surface area contributed by atoms with Gasteiger partial charge in [0, 0.05) is 5.41 Å². The highest BCUT2D eigenvalue weighted by atomic mass is 16.3. The summed E-state index contributed by atoms with van der Waals surface area (Å²) < 4.78 is 0. The first-order chi connectivity index (χ1) is 9.74. The molecule has 1 aliphatic carbocycles. The van der Waals surface area contributed by atoms with Gasteiger partial charge in [0.1, 0.15) is 0 Å². The number of aliphatic hydroxyl groups is 1. The first-order valence-corrected chi connectivity index (χ1v) is 7.16. The molecule has 20 heavy (non-hydrogen) atoms. The van der Waals surface area contributed by atoms with Crippen LogP contribution in [0.3, 0.4) is 0 Å². The molecule has 0 saturated heterocycles. The molecule has 2 atom stereocenters. The molecule has 102 valence electrons. The van der Waals surface area contributed by atoms with Crippen LogP contribution in [0.1, 0.15) is 23.6 Å². The maximum atomic E-state index is 10.0. The minimum absolute atomic E-state index is 0.172. The van der Waals surface area contributed by atoms with Crippen molar-refractivity contribution in [1.82, 2.24) is 0 Å². The van der Waals surface area contributed by atoms with Crippen LogP contribution in [0.2, 0.25) is 0 Å². The van der Waals surface area contributed by atoms with Crippen molar-refractivity contribution in [3.63, 3.8) is 0 Å². The molecule has 2 aromatic carbocycles. The maximum Gasteiger partial charge on any atom is 0.0531 e. The van der Waals surface area contributed by atoms with E-state index in [-0.39, 0.29) is 12.0 Å². The summed E-state index contributed by atoms with van der Waals surface area (Å²) >= 11 is 0. The van der Waals surface area contributed by atoms with Gasteiger partial charge in [-0.05, 0) is 29.0 Å². The lowest BCUT2D eigenvalue weighted by Crippen LogP contribution is -2.38. The number of benzene rings is 2. The normalized spacial score (nSPS) is 24.4. The van der Waals surface area contributed by atoms with Crippen molar-refractivity contribution in [2.45, 2.75) is 18.8 Å². The van der Waals surface area contributed by atoms with Crippen molar-refractivity contribution in [2.75, 3.05) is 6.61 Å². The van der Waals surface area contributed by atoms with E-state index in [4.69, 9.17) is 0 Å². The molecule has 0 radical (unpaired) electrons. The summed E-state index contributed by atoms with van der Waals surface area (Å²) in [4.78, 5) is 0. The van der Waals surface area contributed by atoms with Gasteiger partial charge < -0.3 is 5.11 Å². The fourth-order valence-corrected chi connectivity index (χ4v) is 3.16. The summed E-state index contributed by atoms with van der Waals surface area (Å²) in [6.45, 7) is 2.34. The summed E-state index contributed by atoms with van der Waals surface area (Å²) in [6, 6.07) is 18.9. The van der Waals surface area contributed by atoms with Gasteiger partial charge in [-0.25, -0.2) is 0 Å². The fourth-order valence-electron chi connectivity index (χ4n) is 3.16. The van der Waals surface area contributed by atoms with Crippen LogP contribution < -0.4 is 0 Å². The van der Waals surface area contributed by atoms with Crippen LogP contribution >= 0.6 is 0 Å². The highest BCUT2D eigenvalue weighted by Gasteiger charge is 2.37. The van der Waals surface area contributed by atoms with Crippen LogP contribution in [0.25, 0.3) is 6.08 Å². The minimum Gasteiger partial charge on any atom is -0.395 e. The zero-order valence-electron chi connectivity index (χ0n) is 11.8. The van der Waals surface area contributed by atoms with E-state index in [0.717, 1.165) is 6.42 Å². The highest BCUT2D eigenvalue weighted by Crippen LogP contribution is 2.40. The molecule has 1 aliphatic rings. The van der Waals surface area contributed by atoms with Crippen LogP contribution in [-0.4, -0.2) is 11.7 Å². The molecule has 0 heterocycles. The first-order valence-electron chi connectivity index (χ1n) is 7.16. The van der Waals surface area contributed by atoms with E-state index in [0.29, 0.717) is 5.92 Å². The van der Waals surface area contributed by atoms with Gasteiger partial charge in [0.2, 0.25) is 0 Å². The Morgan fingerprint density at radius 3 is 2.45 bits per heavy atom. The molecule has 2 aromatic rings. The zero-order chi connectivity index (χ0) is 14.0. The monoisotopic (exact) mass is 264 g/mol. The van der Waals surface area contributed by atoms with Crippen LogP contribution in [0.4, 0.5) is 0 Å². The Bertz CT molecular complexity index is 615. The molecular weight excluding hydrogens is 244 g/mol. The fraction of sp³-hybridized carbons (Fsp3) is 0.263. The minimum atomic E-state index is -0.207. The van der Waals surface area contributed by atoms with Crippen molar-refractivity contribution in [1.29, 1.82) is 0 Å². The molecule has 0 bridgehead atoms. The van der Waals surface area contributed by atoms with E-state index >= 15 is 0 Å². The van der Waals surface area contributed by atoms with E-state index < -0.39 is 0 Å². The third-order valence-electron chi connectivity index (χ3n) is 4.53. The standard InChI is InChI=1S/C19H20O/c1-19(14-20)17(13-15-7-3-2-4-8-15)12-11-16-9-5-6-10-18(16)19/h2-12,17,20H,13-14H2,1H3/t17-,19+/m0/s1. The Labute approximate surface area is 120 Å². The number of aliphatic hydroxyl groups excluding tert-OH is 1. The van der Waals surface area contributed by atoms with Crippen molar-refractivity contribution >= 4 is 6.08 Å². The largest absolute Gasteiger partial charge is 0.395 e. The zero-order valence-corrected chi connectivity index (χ0v) is 11.8. The van der Waals surface area contributed by atoms with Crippen molar-refractivity contribution in [2.24, 2.45) is 5.92 Å². The van der Waals surface area contributed by atoms with Gasteiger partial charge in [0.25, 0.3) is 0 Å². The summed E-state index contributed by atoms with van der Waals surface area (Å²) in [7, 11) is 0. The Hall–Kier alpha value is -1.86. The molecule has 0 unspecified atom stereocenters. The number of hydrogen-bond donors (Lipinski definition) is 1. The van der Waals surface area contributed by atoms with E-state index in [9.17, 15) is 5.11 Å². The predicted molar refractivity (Wildman–Crippen MR) is 83.5 cm³/mol. The smallest absolute Gasteiger partial charge is 0.0531 e. The van der Waals surface area contributed by atoms with Gasteiger partial charge in [-0.3, -0.25) is 0 Å². The van der Waals surface area contributed by atoms with Gasteiger partial charge in [-0.2, -0.15) is 0 Å². The number of hydrogen-bond acceptors (Lipinski definition) is 1.